The van der Waals surface area contributed by atoms with Crippen molar-refractivity contribution in [2.45, 2.75) is 41.0 Å². The van der Waals surface area contributed by atoms with Gasteiger partial charge < -0.3 is 14.5 Å². The number of hydrogen-bond donors (Lipinski definition) is 1. The summed E-state index contributed by atoms with van der Waals surface area (Å²) in [6, 6.07) is 7.80. The first kappa shape index (κ1) is 19.8. The molecule has 0 fully saturated rings. The lowest BCUT2D eigenvalue weighted by atomic mass is 10.00. The largest absolute Gasteiger partial charge is 0.462 e. The number of aryl methyl sites for hydroxylation is 1. The number of aromatic nitrogens is 1. The standard InChI is InChI=1S/C21H27NO4/c1-6-25-20(23)17-16(12-13(3)4)22-19(18(17)21(24)26-7-2)15-10-8-14(5)9-11-15/h8-11,13,22H,6-7,12H2,1-5H3. The Bertz CT molecular complexity index is 772. The minimum atomic E-state index is -0.516. The molecule has 0 radical (unpaired) electrons. The molecular weight excluding hydrogens is 330 g/mol. The molecule has 0 bridgehead atoms. The van der Waals surface area contributed by atoms with Crippen molar-refractivity contribution < 1.29 is 19.1 Å². The van der Waals surface area contributed by atoms with E-state index in [2.05, 4.69) is 18.8 Å². The zero-order valence-corrected chi connectivity index (χ0v) is 16.1. The molecule has 1 heterocycles. The van der Waals surface area contributed by atoms with Crippen LogP contribution in [-0.4, -0.2) is 30.1 Å². The summed E-state index contributed by atoms with van der Waals surface area (Å²) in [5.41, 5.74) is 3.80. The highest BCUT2D eigenvalue weighted by Gasteiger charge is 2.30. The van der Waals surface area contributed by atoms with E-state index in [0.29, 0.717) is 23.7 Å². The molecule has 5 nitrogen and oxygen atoms in total. The number of carbonyl (C=O) groups is 2. The van der Waals surface area contributed by atoms with Gasteiger partial charge in [-0.15, -0.1) is 0 Å². The fourth-order valence-corrected chi connectivity index (χ4v) is 2.89. The van der Waals surface area contributed by atoms with E-state index in [1.54, 1.807) is 13.8 Å². The Hall–Kier alpha value is -2.56. The van der Waals surface area contributed by atoms with Crippen LogP contribution in [0.4, 0.5) is 0 Å². The maximum absolute atomic E-state index is 12.7. The monoisotopic (exact) mass is 357 g/mol. The fourth-order valence-electron chi connectivity index (χ4n) is 2.89. The van der Waals surface area contributed by atoms with Crippen molar-refractivity contribution in [3.63, 3.8) is 0 Å². The van der Waals surface area contributed by atoms with Crippen LogP contribution in [0.3, 0.4) is 0 Å². The van der Waals surface area contributed by atoms with Gasteiger partial charge in [-0.1, -0.05) is 43.7 Å². The molecule has 0 spiro atoms. The third-order valence-electron chi connectivity index (χ3n) is 3.99. The van der Waals surface area contributed by atoms with E-state index in [0.717, 1.165) is 11.1 Å². The molecule has 0 saturated carbocycles. The van der Waals surface area contributed by atoms with Crippen LogP contribution >= 0.6 is 0 Å². The third kappa shape index (κ3) is 4.34. The van der Waals surface area contributed by atoms with E-state index in [4.69, 9.17) is 9.47 Å². The molecular formula is C21H27NO4. The number of ether oxygens (including phenoxy) is 2. The molecule has 0 saturated heterocycles. The van der Waals surface area contributed by atoms with Crippen molar-refractivity contribution in [2.75, 3.05) is 13.2 Å². The summed E-state index contributed by atoms with van der Waals surface area (Å²) in [7, 11) is 0. The first-order valence-corrected chi connectivity index (χ1v) is 9.05. The van der Waals surface area contributed by atoms with E-state index in [1.165, 1.54) is 0 Å². The van der Waals surface area contributed by atoms with Crippen molar-refractivity contribution >= 4 is 11.9 Å². The Morgan fingerprint density at radius 3 is 2.00 bits per heavy atom. The average Bonchev–Trinajstić information content (AvgIpc) is 2.94. The van der Waals surface area contributed by atoms with Crippen molar-refractivity contribution in [1.29, 1.82) is 0 Å². The summed E-state index contributed by atoms with van der Waals surface area (Å²) in [5.74, 6) is -0.707. The van der Waals surface area contributed by atoms with E-state index in [-0.39, 0.29) is 24.3 Å². The summed E-state index contributed by atoms with van der Waals surface area (Å²) in [6.07, 6.45) is 0.631. The van der Waals surface area contributed by atoms with E-state index >= 15 is 0 Å². The second-order valence-corrected chi connectivity index (χ2v) is 6.63. The fraction of sp³-hybridized carbons (Fsp3) is 0.429. The summed E-state index contributed by atoms with van der Waals surface area (Å²) in [5, 5.41) is 0. The van der Waals surface area contributed by atoms with Crippen LogP contribution in [0.5, 0.6) is 0 Å². The van der Waals surface area contributed by atoms with Crippen LogP contribution in [0.15, 0.2) is 24.3 Å². The lowest BCUT2D eigenvalue weighted by molar-refractivity contribution is 0.0480. The number of rotatable bonds is 7. The van der Waals surface area contributed by atoms with Crippen LogP contribution in [0, 0.1) is 12.8 Å². The Kier molecular flexibility index (Phi) is 6.61. The van der Waals surface area contributed by atoms with Crippen LogP contribution in [0.2, 0.25) is 0 Å². The number of esters is 2. The zero-order chi connectivity index (χ0) is 19.3. The summed E-state index contributed by atoms with van der Waals surface area (Å²) in [6.45, 7) is 10.1. The summed E-state index contributed by atoms with van der Waals surface area (Å²) >= 11 is 0. The van der Waals surface area contributed by atoms with E-state index in [1.807, 2.05) is 31.2 Å². The summed E-state index contributed by atoms with van der Waals surface area (Å²) < 4.78 is 10.5. The Morgan fingerprint density at radius 2 is 1.50 bits per heavy atom. The molecule has 0 aliphatic rings. The lowest BCUT2D eigenvalue weighted by Crippen LogP contribution is -2.15. The molecule has 5 heteroatoms. The topological polar surface area (TPSA) is 68.4 Å². The Labute approximate surface area is 154 Å². The van der Waals surface area contributed by atoms with Crippen molar-refractivity contribution in [1.82, 2.24) is 4.98 Å². The predicted octanol–water partition coefficient (Wildman–Crippen LogP) is 4.54. The molecule has 1 aromatic heterocycles. The van der Waals surface area contributed by atoms with Gasteiger partial charge in [0, 0.05) is 5.69 Å². The van der Waals surface area contributed by atoms with Gasteiger partial charge in [0.1, 0.15) is 0 Å². The summed E-state index contributed by atoms with van der Waals surface area (Å²) in [4.78, 5) is 28.6. The molecule has 26 heavy (non-hydrogen) atoms. The number of carbonyl (C=O) groups excluding carboxylic acids is 2. The molecule has 0 aliphatic heterocycles. The molecule has 140 valence electrons. The van der Waals surface area contributed by atoms with Gasteiger partial charge in [-0.05, 0) is 38.7 Å². The van der Waals surface area contributed by atoms with E-state index in [9.17, 15) is 9.59 Å². The highest BCUT2D eigenvalue weighted by molar-refractivity contribution is 6.08. The number of aromatic amines is 1. The van der Waals surface area contributed by atoms with Gasteiger partial charge in [-0.3, -0.25) is 0 Å². The Balaban J connectivity index is 2.70. The van der Waals surface area contributed by atoms with Gasteiger partial charge in [0.25, 0.3) is 0 Å². The van der Waals surface area contributed by atoms with Crippen LogP contribution < -0.4 is 0 Å². The van der Waals surface area contributed by atoms with Gasteiger partial charge in [0.2, 0.25) is 0 Å². The first-order chi connectivity index (χ1) is 12.4. The molecule has 2 rings (SSSR count). The minimum absolute atomic E-state index is 0.235. The maximum Gasteiger partial charge on any atom is 0.341 e. The highest BCUT2D eigenvalue weighted by atomic mass is 16.5. The average molecular weight is 357 g/mol. The van der Waals surface area contributed by atoms with Crippen molar-refractivity contribution in [2.24, 2.45) is 5.92 Å². The number of H-pyrrole nitrogens is 1. The molecule has 2 aromatic rings. The molecule has 0 atom stereocenters. The molecule has 1 aromatic carbocycles. The van der Waals surface area contributed by atoms with Crippen LogP contribution in [0.25, 0.3) is 11.3 Å². The molecule has 0 unspecified atom stereocenters. The first-order valence-electron chi connectivity index (χ1n) is 9.05. The van der Waals surface area contributed by atoms with Gasteiger partial charge in [-0.2, -0.15) is 0 Å². The van der Waals surface area contributed by atoms with Gasteiger partial charge in [0.05, 0.1) is 30.0 Å². The van der Waals surface area contributed by atoms with Gasteiger partial charge >= 0.3 is 11.9 Å². The maximum atomic E-state index is 12.7. The number of hydrogen-bond acceptors (Lipinski definition) is 4. The smallest absolute Gasteiger partial charge is 0.341 e. The van der Waals surface area contributed by atoms with Crippen molar-refractivity contribution in [3.05, 3.63) is 46.6 Å². The number of benzene rings is 1. The van der Waals surface area contributed by atoms with E-state index < -0.39 is 11.9 Å². The number of nitrogens with one attached hydrogen (secondary N) is 1. The normalized spacial score (nSPS) is 10.8. The molecule has 0 aliphatic carbocycles. The zero-order valence-electron chi connectivity index (χ0n) is 16.1. The quantitative estimate of drug-likeness (QED) is 0.739. The lowest BCUT2D eigenvalue weighted by Gasteiger charge is -2.09. The van der Waals surface area contributed by atoms with Crippen LogP contribution in [0.1, 0.15) is 59.7 Å². The SMILES string of the molecule is CCOC(=O)c1c(CC(C)C)[nH]c(-c2ccc(C)cc2)c1C(=O)OCC. The molecule has 0 amide bonds. The Morgan fingerprint density at radius 1 is 0.962 bits per heavy atom. The minimum Gasteiger partial charge on any atom is -0.462 e. The van der Waals surface area contributed by atoms with Crippen molar-refractivity contribution in [3.8, 4) is 11.3 Å². The second kappa shape index (κ2) is 8.70. The van der Waals surface area contributed by atoms with Crippen LogP contribution in [-0.2, 0) is 15.9 Å². The van der Waals surface area contributed by atoms with Gasteiger partial charge in [0.15, 0.2) is 0 Å². The predicted molar refractivity (Wildman–Crippen MR) is 101 cm³/mol. The third-order valence-corrected chi connectivity index (χ3v) is 3.99. The highest BCUT2D eigenvalue weighted by Crippen LogP contribution is 2.31. The van der Waals surface area contributed by atoms with Gasteiger partial charge in [-0.25, -0.2) is 9.59 Å². The second-order valence-electron chi connectivity index (χ2n) is 6.63. The molecule has 1 N–H and O–H groups in total.